The average Bonchev–Trinajstić information content (AvgIpc) is 2.74. The molecular formula is C21H17N3O4. The maximum atomic E-state index is 12.7. The molecule has 3 aromatic rings. The van der Waals surface area contributed by atoms with Gasteiger partial charge in [0.15, 0.2) is 0 Å². The lowest BCUT2D eigenvalue weighted by Crippen LogP contribution is -2.18. The van der Waals surface area contributed by atoms with Crippen molar-refractivity contribution in [2.24, 2.45) is 0 Å². The van der Waals surface area contributed by atoms with Crippen molar-refractivity contribution >= 4 is 29.6 Å². The summed E-state index contributed by atoms with van der Waals surface area (Å²) in [5.74, 6) is 0.00950. The molecule has 7 heteroatoms. The van der Waals surface area contributed by atoms with Crippen LogP contribution in [0.3, 0.4) is 0 Å². The van der Waals surface area contributed by atoms with Gasteiger partial charge in [0.25, 0.3) is 11.8 Å². The molecule has 0 bridgehead atoms. The van der Waals surface area contributed by atoms with Gasteiger partial charge in [0, 0.05) is 17.3 Å². The first-order valence-electron chi connectivity index (χ1n) is 8.37. The van der Waals surface area contributed by atoms with E-state index in [-0.39, 0.29) is 5.56 Å². The molecule has 2 aromatic carbocycles. The smallest absolute Gasteiger partial charge is 0.259 e. The van der Waals surface area contributed by atoms with E-state index in [0.717, 1.165) is 0 Å². The first kappa shape index (κ1) is 18.8. The molecule has 0 saturated carbocycles. The van der Waals surface area contributed by atoms with Crippen molar-refractivity contribution in [2.45, 2.75) is 0 Å². The van der Waals surface area contributed by atoms with E-state index in [1.165, 1.54) is 25.3 Å². The fraction of sp³-hybridized carbons (Fsp3) is 0.0476. The van der Waals surface area contributed by atoms with E-state index in [0.29, 0.717) is 34.7 Å². The van der Waals surface area contributed by atoms with Gasteiger partial charge in [0.1, 0.15) is 17.9 Å². The molecule has 0 atom stereocenters. The van der Waals surface area contributed by atoms with Crippen LogP contribution in [0.25, 0.3) is 0 Å². The predicted molar refractivity (Wildman–Crippen MR) is 105 cm³/mol. The van der Waals surface area contributed by atoms with E-state index in [2.05, 4.69) is 15.6 Å². The molecule has 0 radical (unpaired) electrons. The molecule has 2 N–H and O–H groups in total. The van der Waals surface area contributed by atoms with Gasteiger partial charge in [-0.1, -0.05) is 18.2 Å². The molecule has 0 saturated heterocycles. The summed E-state index contributed by atoms with van der Waals surface area (Å²) >= 11 is 0. The number of rotatable bonds is 6. The SMILES string of the molecule is COc1ccc(NC(=O)c2ccc(C=O)cc2)c(C(=O)Nc2ccccn2)c1. The maximum absolute atomic E-state index is 12.7. The number of pyridine rings is 1. The average molecular weight is 375 g/mol. The number of carbonyl (C=O) groups excluding carboxylic acids is 3. The van der Waals surface area contributed by atoms with Crippen LogP contribution in [0.15, 0.2) is 66.9 Å². The van der Waals surface area contributed by atoms with E-state index in [4.69, 9.17) is 4.74 Å². The summed E-state index contributed by atoms with van der Waals surface area (Å²) in [6, 6.07) is 16.1. The quantitative estimate of drug-likeness (QED) is 0.644. The number of nitrogens with one attached hydrogen (secondary N) is 2. The molecular weight excluding hydrogens is 358 g/mol. The van der Waals surface area contributed by atoms with Crippen molar-refractivity contribution < 1.29 is 19.1 Å². The highest BCUT2D eigenvalue weighted by Crippen LogP contribution is 2.24. The number of amides is 2. The van der Waals surface area contributed by atoms with Gasteiger partial charge in [-0.05, 0) is 42.5 Å². The van der Waals surface area contributed by atoms with Crippen LogP contribution in [0.4, 0.5) is 11.5 Å². The Balaban J connectivity index is 1.86. The van der Waals surface area contributed by atoms with Crippen LogP contribution in [0.2, 0.25) is 0 Å². The van der Waals surface area contributed by atoms with Gasteiger partial charge in [-0.15, -0.1) is 0 Å². The normalized spacial score (nSPS) is 10.0. The zero-order valence-electron chi connectivity index (χ0n) is 15.0. The summed E-state index contributed by atoms with van der Waals surface area (Å²) in [4.78, 5) is 40.0. The van der Waals surface area contributed by atoms with Gasteiger partial charge in [0.05, 0.1) is 18.4 Å². The number of aldehydes is 1. The van der Waals surface area contributed by atoms with Crippen LogP contribution in [0.1, 0.15) is 31.1 Å². The van der Waals surface area contributed by atoms with Gasteiger partial charge >= 0.3 is 0 Å². The van der Waals surface area contributed by atoms with E-state index >= 15 is 0 Å². The van der Waals surface area contributed by atoms with E-state index in [1.807, 2.05) is 0 Å². The van der Waals surface area contributed by atoms with E-state index in [1.54, 1.807) is 48.7 Å². The summed E-state index contributed by atoms with van der Waals surface area (Å²) in [5, 5.41) is 5.40. The lowest BCUT2D eigenvalue weighted by Gasteiger charge is -2.13. The Hall–Kier alpha value is -4.00. The number of nitrogens with zero attached hydrogens (tertiary/aromatic N) is 1. The second kappa shape index (κ2) is 8.59. The largest absolute Gasteiger partial charge is 0.497 e. The van der Waals surface area contributed by atoms with Crippen molar-refractivity contribution in [3.63, 3.8) is 0 Å². The van der Waals surface area contributed by atoms with Crippen molar-refractivity contribution in [1.82, 2.24) is 4.98 Å². The molecule has 0 fully saturated rings. The monoisotopic (exact) mass is 375 g/mol. The van der Waals surface area contributed by atoms with Crippen LogP contribution in [-0.4, -0.2) is 30.2 Å². The van der Waals surface area contributed by atoms with Crippen LogP contribution in [-0.2, 0) is 0 Å². The molecule has 0 aliphatic rings. The number of hydrogen-bond donors (Lipinski definition) is 2. The van der Waals surface area contributed by atoms with E-state index in [9.17, 15) is 14.4 Å². The number of ether oxygens (including phenoxy) is 1. The van der Waals surface area contributed by atoms with Gasteiger partial charge < -0.3 is 15.4 Å². The molecule has 0 unspecified atom stereocenters. The highest BCUT2D eigenvalue weighted by atomic mass is 16.5. The zero-order valence-corrected chi connectivity index (χ0v) is 15.0. The Bertz CT molecular complexity index is 1000. The van der Waals surface area contributed by atoms with Gasteiger partial charge in [-0.2, -0.15) is 0 Å². The molecule has 0 spiro atoms. The van der Waals surface area contributed by atoms with Crippen molar-refractivity contribution in [3.05, 3.63) is 83.6 Å². The highest BCUT2D eigenvalue weighted by molar-refractivity contribution is 6.12. The summed E-state index contributed by atoms with van der Waals surface area (Å²) in [6.07, 6.45) is 2.26. The van der Waals surface area contributed by atoms with E-state index < -0.39 is 11.8 Å². The summed E-state index contributed by atoms with van der Waals surface area (Å²) in [7, 11) is 1.49. The lowest BCUT2D eigenvalue weighted by molar-refractivity contribution is 0.102. The minimum absolute atomic E-state index is 0.225. The first-order chi connectivity index (χ1) is 13.6. The number of methoxy groups -OCH3 is 1. The lowest BCUT2D eigenvalue weighted by atomic mass is 10.1. The van der Waals surface area contributed by atoms with Crippen LogP contribution < -0.4 is 15.4 Å². The summed E-state index contributed by atoms with van der Waals surface area (Å²) in [5.41, 5.74) is 1.37. The Morgan fingerprint density at radius 2 is 1.75 bits per heavy atom. The number of anilines is 2. The fourth-order valence-corrected chi connectivity index (χ4v) is 2.48. The molecule has 0 aliphatic carbocycles. The van der Waals surface area contributed by atoms with Gasteiger partial charge in [-0.3, -0.25) is 14.4 Å². The topological polar surface area (TPSA) is 97.4 Å². The Morgan fingerprint density at radius 1 is 0.964 bits per heavy atom. The molecule has 0 aliphatic heterocycles. The second-order valence-corrected chi connectivity index (χ2v) is 5.77. The fourth-order valence-electron chi connectivity index (χ4n) is 2.48. The van der Waals surface area contributed by atoms with Crippen LogP contribution in [0.5, 0.6) is 5.75 Å². The van der Waals surface area contributed by atoms with Crippen molar-refractivity contribution in [3.8, 4) is 5.75 Å². The molecule has 28 heavy (non-hydrogen) atoms. The maximum Gasteiger partial charge on any atom is 0.259 e. The second-order valence-electron chi connectivity index (χ2n) is 5.77. The molecule has 1 aromatic heterocycles. The summed E-state index contributed by atoms with van der Waals surface area (Å²) in [6.45, 7) is 0. The third kappa shape index (κ3) is 4.39. The Kier molecular flexibility index (Phi) is 5.76. The minimum Gasteiger partial charge on any atom is -0.497 e. The predicted octanol–water partition coefficient (Wildman–Crippen LogP) is 3.41. The third-order valence-electron chi connectivity index (χ3n) is 3.94. The number of benzene rings is 2. The Morgan fingerprint density at radius 3 is 2.39 bits per heavy atom. The molecule has 1 heterocycles. The van der Waals surface area contributed by atoms with Crippen LogP contribution >= 0.6 is 0 Å². The van der Waals surface area contributed by atoms with Gasteiger partial charge in [0.2, 0.25) is 0 Å². The molecule has 7 nitrogen and oxygen atoms in total. The number of carbonyl (C=O) groups is 3. The molecule has 3 rings (SSSR count). The minimum atomic E-state index is -0.441. The molecule has 140 valence electrons. The van der Waals surface area contributed by atoms with Crippen LogP contribution in [0, 0.1) is 0 Å². The zero-order chi connectivity index (χ0) is 19.9. The number of hydrogen-bond acceptors (Lipinski definition) is 5. The highest BCUT2D eigenvalue weighted by Gasteiger charge is 2.16. The summed E-state index contributed by atoms with van der Waals surface area (Å²) < 4.78 is 5.18. The Labute approximate surface area is 161 Å². The first-order valence-corrected chi connectivity index (χ1v) is 8.37. The van der Waals surface area contributed by atoms with Gasteiger partial charge in [-0.25, -0.2) is 4.98 Å². The number of aromatic nitrogens is 1. The molecule has 2 amide bonds. The van der Waals surface area contributed by atoms with Crippen molar-refractivity contribution in [1.29, 1.82) is 0 Å². The third-order valence-corrected chi connectivity index (χ3v) is 3.94. The van der Waals surface area contributed by atoms with Crippen molar-refractivity contribution in [2.75, 3.05) is 17.7 Å². The standard InChI is InChI=1S/C21H17N3O4/c1-28-16-9-10-18(23-20(26)15-7-5-14(13-25)6-8-15)17(12-16)21(27)24-19-4-2-3-11-22-19/h2-13H,1H3,(H,23,26)(H,22,24,27).